The van der Waals surface area contributed by atoms with Crippen molar-refractivity contribution >= 4 is 6.03 Å². The molecule has 0 fully saturated rings. The minimum Gasteiger partial charge on any atom is -0.380 e. The van der Waals surface area contributed by atoms with Crippen molar-refractivity contribution in [2.75, 3.05) is 14.2 Å². The third-order valence-electron chi connectivity index (χ3n) is 3.90. The number of benzene rings is 2. The predicted octanol–water partition coefficient (Wildman–Crippen LogP) is 4.19. The molecule has 0 radical (unpaired) electrons. The zero-order chi connectivity index (χ0) is 19.2. The Morgan fingerprint density at radius 3 is 2.27 bits per heavy atom. The van der Waals surface area contributed by atoms with Gasteiger partial charge < -0.3 is 15.0 Å². The summed E-state index contributed by atoms with van der Waals surface area (Å²) in [7, 11) is 3.20. The van der Waals surface area contributed by atoms with Crippen molar-refractivity contribution in [1.29, 1.82) is 0 Å². The van der Waals surface area contributed by atoms with Gasteiger partial charge in [0.15, 0.2) is 0 Å². The lowest BCUT2D eigenvalue weighted by Crippen LogP contribution is -2.36. The molecule has 140 valence electrons. The predicted molar refractivity (Wildman–Crippen MR) is 92.3 cm³/mol. The summed E-state index contributed by atoms with van der Waals surface area (Å²) in [4.78, 5) is 13.6. The fourth-order valence-corrected chi connectivity index (χ4v) is 2.48. The second-order valence-electron chi connectivity index (χ2n) is 5.91. The molecule has 0 spiro atoms. The number of carbonyl (C=O) groups is 1. The molecule has 0 aliphatic rings. The summed E-state index contributed by atoms with van der Waals surface area (Å²) in [5.41, 5.74) is 1.85. The summed E-state index contributed by atoms with van der Waals surface area (Å²) < 4.78 is 42.9. The third kappa shape index (κ3) is 5.49. The molecule has 2 rings (SSSR count). The molecular formula is C19H21F3N2O2. The summed E-state index contributed by atoms with van der Waals surface area (Å²) in [6, 6.07) is 12.1. The van der Waals surface area contributed by atoms with E-state index in [0.717, 1.165) is 23.3 Å². The van der Waals surface area contributed by atoms with Crippen molar-refractivity contribution in [3.05, 3.63) is 70.8 Å². The number of ether oxygens (including phenoxy) is 1. The first kappa shape index (κ1) is 19.8. The number of rotatable bonds is 6. The van der Waals surface area contributed by atoms with E-state index in [1.165, 1.54) is 17.0 Å². The SMILES string of the molecule is COCc1ccccc1CNC(=O)N(C)Cc1ccc(C(F)(F)F)cc1. The number of amides is 2. The van der Waals surface area contributed by atoms with Gasteiger partial charge in [0.2, 0.25) is 0 Å². The molecule has 0 aliphatic carbocycles. The van der Waals surface area contributed by atoms with Gasteiger partial charge in [0.05, 0.1) is 12.2 Å². The molecule has 7 heteroatoms. The zero-order valence-electron chi connectivity index (χ0n) is 14.6. The van der Waals surface area contributed by atoms with Crippen LogP contribution in [0.15, 0.2) is 48.5 Å². The standard InChI is InChI=1S/C19H21F3N2O2/c1-24(12-14-7-9-17(10-8-14)19(20,21)22)18(25)23-11-15-5-3-4-6-16(15)13-26-2/h3-10H,11-13H2,1-2H3,(H,23,25). The second-order valence-corrected chi connectivity index (χ2v) is 5.91. The number of methoxy groups -OCH3 is 1. The Kier molecular flexibility index (Phi) is 6.63. The number of carbonyl (C=O) groups excluding carboxylic acids is 1. The number of hydrogen-bond donors (Lipinski definition) is 1. The molecule has 0 aromatic heterocycles. The van der Waals surface area contributed by atoms with E-state index in [2.05, 4.69) is 5.32 Å². The Morgan fingerprint density at radius 2 is 1.69 bits per heavy atom. The van der Waals surface area contributed by atoms with Crippen LogP contribution in [0.3, 0.4) is 0 Å². The minimum atomic E-state index is -4.36. The lowest BCUT2D eigenvalue weighted by atomic mass is 10.1. The molecule has 0 bridgehead atoms. The Balaban J connectivity index is 1.92. The average molecular weight is 366 g/mol. The number of urea groups is 1. The Bertz CT molecular complexity index is 730. The molecule has 1 N–H and O–H groups in total. The van der Waals surface area contributed by atoms with E-state index in [0.29, 0.717) is 18.7 Å². The molecule has 2 aromatic carbocycles. The van der Waals surface area contributed by atoms with Gasteiger partial charge in [-0.1, -0.05) is 36.4 Å². The third-order valence-corrected chi connectivity index (χ3v) is 3.90. The second kappa shape index (κ2) is 8.71. The van der Waals surface area contributed by atoms with E-state index in [-0.39, 0.29) is 12.6 Å². The number of alkyl halides is 3. The number of nitrogens with zero attached hydrogens (tertiary/aromatic N) is 1. The number of hydrogen-bond acceptors (Lipinski definition) is 2. The van der Waals surface area contributed by atoms with Crippen molar-refractivity contribution in [3.63, 3.8) is 0 Å². The Labute approximate surface area is 150 Å². The van der Waals surface area contributed by atoms with Crippen molar-refractivity contribution in [1.82, 2.24) is 10.2 Å². The van der Waals surface area contributed by atoms with Crippen LogP contribution in [0.1, 0.15) is 22.3 Å². The van der Waals surface area contributed by atoms with Crippen molar-refractivity contribution < 1.29 is 22.7 Å². The minimum absolute atomic E-state index is 0.212. The highest BCUT2D eigenvalue weighted by Gasteiger charge is 2.29. The van der Waals surface area contributed by atoms with Crippen LogP contribution >= 0.6 is 0 Å². The van der Waals surface area contributed by atoms with Gasteiger partial charge in [-0.05, 0) is 28.8 Å². The summed E-state index contributed by atoms with van der Waals surface area (Å²) in [6.07, 6.45) is -4.36. The summed E-state index contributed by atoms with van der Waals surface area (Å²) in [5, 5.41) is 2.80. The van der Waals surface area contributed by atoms with Gasteiger partial charge in [-0.25, -0.2) is 4.79 Å². The van der Waals surface area contributed by atoms with Gasteiger partial charge >= 0.3 is 12.2 Å². The van der Waals surface area contributed by atoms with Crippen LogP contribution in [0, 0.1) is 0 Å². The van der Waals surface area contributed by atoms with Crippen molar-refractivity contribution in [2.45, 2.75) is 25.9 Å². The van der Waals surface area contributed by atoms with Gasteiger partial charge in [-0.3, -0.25) is 0 Å². The average Bonchev–Trinajstić information content (AvgIpc) is 2.60. The lowest BCUT2D eigenvalue weighted by Gasteiger charge is -2.19. The monoisotopic (exact) mass is 366 g/mol. The molecule has 0 atom stereocenters. The normalized spacial score (nSPS) is 11.3. The molecule has 0 aliphatic heterocycles. The van der Waals surface area contributed by atoms with Gasteiger partial charge in [-0.2, -0.15) is 13.2 Å². The summed E-state index contributed by atoms with van der Waals surface area (Å²) >= 11 is 0. The fraction of sp³-hybridized carbons (Fsp3) is 0.316. The zero-order valence-corrected chi connectivity index (χ0v) is 14.6. The van der Waals surface area contributed by atoms with Crippen LogP contribution in [-0.4, -0.2) is 25.1 Å². The summed E-state index contributed by atoms with van der Waals surface area (Å²) in [5.74, 6) is 0. The van der Waals surface area contributed by atoms with E-state index < -0.39 is 11.7 Å². The van der Waals surface area contributed by atoms with Crippen LogP contribution in [-0.2, 0) is 30.6 Å². The molecule has 0 saturated heterocycles. The molecule has 0 unspecified atom stereocenters. The molecule has 26 heavy (non-hydrogen) atoms. The highest BCUT2D eigenvalue weighted by atomic mass is 19.4. The van der Waals surface area contributed by atoms with E-state index >= 15 is 0 Å². The molecule has 2 amide bonds. The van der Waals surface area contributed by atoms with Crippen LogP contribution < -0.4 is 5.32 Å². The lowest BCUT2D eigenvalue weighted by molar-refractivity contribution is -0.137. The van der Waals surface area contributed by atoms with Crippen LogP contribution in [0.5, 0.6) is 0 Å². The van der Waals surface area contributed by atoms with E-state index in [1.807, 2.05) is 24.3 Å². The van der Waals surface area contributed by atoms with Gasteiger partial charge in [0.25, 0.3) is 0 Å². The van der Waals surface area contributed by atoms with E-state index in [1.54, 1.807) is 14.2 Å². The molecule has 0 heterocycles. The maximum Gasteiger partial charge on any atom is 0.416 e. The molecule has 2 aromatic rings. The number of nitrogens with one attached hydrogen (secondary N) is 1. The van der Waals surface area contributed by atoms with Crippen molar-refractivity contribution in [3.8, 4) is 0 Å². The highest BCUT2D eigenvalue weighted by molar-refractivity contribution is 5.73. The van der Waals surface area contributed by atoms with Crippen LogP contribution in [0.4, 0.5) is 18.0 Å². The first-order valence-electron chi connectivity index (χ1n) is 8.02. The van der Waals surface area contributed by atoms with Gasteiger partial charge in [-0.15, -0.1) is 0 Å². The first-order valence-corrected chi connectivity index (χ1v) is 8.02. The van der Waals surface area contributed by atoms with Gasteiger partial charge in [0.1, 0.15) is 0 Å². The smallest absolute Gasteiger partial charge is 0.380 e. The molecular weight excluding hydrogens is 345 g/mol. The van der Waals surface area contributed by atoms with Crippen LogP contribution in [0.2, 0.25) is 0 Å². The quantitative estimate of drug-likeness (QED) is 0.833. The fourth-order valence-electron chi connectivity index (χ4n) is 2.48. The topological polar surface area (TPSA) is 41.6 Å². The van der Waals surface area contributed by atoms with E-state index in [9.17, 15) is 18.0 Å². The maximum atomic E-state index is 12.6. The number of halogens is 3. The Morgan fingerprint density at radius 1 is 1.08 bits per heavy atom. The summed E-state index contributed by atoms with van der Waals surface area (Å²) in [6.45, 7) is 1.01. The van der Waals surface area contributed by atoms with E-state index in [4.69, 9.17) is 4.74 Å². The molecule has 0 saturated carbocycles. The highest BCUT2D eigenvalue weighted by Crippen LogP contribution is 2.29. The van der Waals surface area contributed by atoms with Crippen molar-refractivity contribution in [2.24, 2.45) is 0 Å². The van der Waals surface area contributed by atoms with Crippen LogP contribution in [0.25, 0.3) is 0 Å². The maximum absolute atomic E-state index is 12.6. The largest absolute Gasteiger partial charge is 0.416 e. The van der Waals surface area contributed by atoms with Gasteiger partial charge in [0, 0.05) is 27.2 Å². The first-order chi connectivity index (χ1) is 12.3. The Hall–Kier alpha value is -2.54. The molecule has 4 nitrogen and oxygen atoms in total.